The first-order chi connectivity index (χ1) is 13.9. The molecular formula is C24H30FeN4. The van der Waals surface area contributed by atoms with Gasteiger partial charge in [-0.3, -0.25) is 9.98 Å². The summed E-state index contributed by atoms with van der Waals surface area (Å²) < 4.78 is 0. The second-order valence-electron chi connectivity index (χ2n) is 7.01. The minimum absolute atomic E-state index is 0. The Bertz CT molecular complexity index is 689. The Morgan fingerprint density at radius 1 is 0.552 bits per heavy atom. The first-order valence-corrected chi connectivity index (χ1v) is 10.5. The molecule has 0 aromatic rings. The number of aliphatic imine (C=N–C) groups is 2. The van der Waals surface area contributed by atoms with Crippen LogP contribution in [0.15, 0.2) is 82.1 Å². The van der Waals surface area contributed by atoms with Crippen LogP contribution in [0.4, 0.5) is 0 Å². The fourth-order valence-electron chi connectivity index (χ4n) is 3.19. The molecule has 0 saturated heterocycles. The SMILES string of the molecule is C1=CC=C2[N-]CCCCC[N-]C3=CC=CC=CC3=NCCCCCN=C2C=C1.[Fe+2]. The molecule has 0 aromatic heterocycles. The molecule has 0 spiro atoms. The van der Waals surface area contributed by atoms with Gasteiger partial charge in [-0.2, -0.15) is 0 Å². The van der Waals surface area contributed by atoms with Gasteiger partial charge in [-0.15, -0.1) is 24.5 Å². The van der Waals surface area contributed by atoms with Crippen LogP contribution < -0.4 is 0 Å². The monoisotopic (exact) mass is 430 g/mol. The maximum Gasteiger partial charge on any atom is 2.00 e. The van der Waals surface area contributed by atoms with E-state index in [2.05, 4.69) is 24.3 Å². The van der Waals surface area contributed by atoms with Crippen molar-refractivity contribution in [3.63, 3.8) is 0 Å². The van der Waals surface area contributed by atoms with Crippen LogP contribution >= 0.6 is 0 Å². The van der Waals surface area contributed by atoms with Gasteiger partial charge in [0.05, 0.1) is 0 Å². The van der Waals surface area contributed by atoms with Gasteiger partial charge in [0, 0.05) is 24.5 Å². The molecule has 0 N–H and O–H groups in total. The average molecular weight is 430 g/mol. The maximum absolute atomic E-state index is 4.80. The third kappa shape index (κ3) is 8.43. The summed E-state index contributed by atoms with van der Waals surface area (Å²) in [6, 6.07) is 0. The largest absolute Gasteiger partial charge is 2.00 e. The second kappa shape index (κ2) is 14.0. The number of rotatable bonds is 0. The number of nitrogens with zero attached hydrogens (tertiary/aromatic N) is 4. The predicted molar refractivity (Wildman–Crippen MR) is 121 cm³/mol. The molecule has 0 amide bonds. The van der Waals surface area contributed by atoms with Gasteiger partial charge in [-0.25, -0.2) is 0 Å². The number of allylic oxidation sites excluding steroid dienone is 10. The zero-order valence-corrected chi connectivity index (χ0v) is 18.1. The first-order valence-electron chi connectivity index (χ1n) is 10.5. The average Bonchev–Trinajstić information content (AvgIpc) is 3.06. The van der Waals surface area contributed by atoms with E-state index < -0.39 is 0 Å². The Morgan fingerprint density at radius 2 is 1.03 bits per heavy atom. The van der Waals surface area contributed by atoms with Crippen LogP contribution in [0.5, 0.6) is 0 Å². The standard InChI is InChI=1S/C24H30N4.Fe/c1-5-13-21-22(14-6-1)26-18-10-4-12-20-28-24-16-8-2-7-15-23(24)27-19-11-3-9-17-25-21;/h1-2,5-8,13-16H,3-4,9-12,17-20H2;/q-2;+2. The third-order valence-corrected chi connectivity index (χ3v) is 4.75. The number of fused-ring (bicyclic) bond motifs is 2. The van der Waals surface area contributed by atoms with Crippen LogP contribution in [0.25, 0.3) is 10.6 Å². The molecule has 29 heavy (non-hydrogen) atoms. The minimum atomic E-state index is 0. The molecular weight excluding hydrogens is 400 g/mol. The molecule has 3 aliphatic rings. The summed E-state index contributed by atoms with van der Waals surface area (Å²) in [4.78, 5) is 9.59. The minimum Gasteiger partial charge on any atom is -0.683 e. The molecule has 2 aliphatic carbocycles. The Kier molecular flexibility index (Phi) is 11.2. The topological polar surface area (TPSA) is 52.9 Å². The van der Waals surface area contributed by atoms with Gasteiger partial charge in [0.1, 0.15) is 0 Å². The van der Waals surface area contributed by atoms with E-state index in [1.807, 2.05) is 36.5 Å². The predicted octanol–water partition coefficient (Wildman–Crippen LogP) is 5.99. The van der Waals surface area contributed by atoms with E-state index in [-0.39, 0.29) is 17.1 Å². The summed E-state index contributed by atoms with van der Waals surface area (Å²) in [6.07, 6.45) is 27.1. The van der Waals surface area contributed by atoms with Crippen molar-refractivity contribution < 1.29 is 17.1 Å². The van der Waals surface area contributed by atoms with Crippen molar-refractivity contribution in [2.24, 2.45) is 9.98 Å². The van der Waals surface area contributed by atoms with Crippen molar-refractivity contribution in [2.45, 2.75) is 38.5 Å². The zero-order chi connectivity index (χ0) is 19.3. The van der Waals surface area contributed by atoms with Crippen LogP contribution in [0, 0.1) is 0 Å². The van der Waals surface area contributed by atoms with Crippen LogP contribution in [0.1, 0.15) is 38.5 Å². The van der Waals surface area contributed by atoms with E-state index in [0.29, 0.717) is 0 Å². The van der Waals surface area contributed by atoms with E-state index >= 15 is 0 Å². The summed E-state index contributed by atoms with van der Waals surface area (Å²) in [7, 11) is 0. The normalized spacial score (nSPS) is 21.0. The van der Waals surface area contributed by atoms with Crippen molar-refractivity contribution in [1.29, 1.82) is 0 Å². The van der Waals surface area contributed by atoms with Crippen LogP contribution in [0.3, 0.4) is 0 Å². The molecule has 4 nitrogen and oxygen atoms in total. The van der Waals surface area contributed by atoms with Crippen molar-refractivity contribution in [3.8, 4) is 0 Å². The summed E-state index contributed by atoms with van der Waals surface area (Å²) >= 11 is 0. The Morgan fingerprint density at radius 3 is 1.55 bits per heavy atom. The fraction of sp³-hybridized carbons (Fsp3) is 0.417. The van der Waals surface area contributed by atoms with Gasteiger partial charge in [-0.1, -0.05) is 67.9 Å². The summed E-state index contributed by atoms with van der Waals surface area (Å²) in [5.41, 5.74) is 4.03. The van der Waals surface area contributed by atoms with Crippen LogP contribution in [-0.2, 0) is 17.1 Å². The molecule has 154 valence electrons. The van der Waals surface area contributed by atoms with Gasteiger partial charge in [0.15, 0.2) is 0 Å². The second-order valence-corrected chi connectivity index (χ2v) is 7.01. The van der Waals surface area contributed by atoms with Gasteiger partial charge < -0.3 is 10.6 Å². The molecule has 0 bridgehead atoms. The van der Waals surface area contributed by atoms with E-state index in [9.17, 15) is 0 Å². The fourth-order valence-corrected chi connectivity index (χ4v) is 3.19. The molecule has 0 aromatic carbocycles. The number of hydrogen-bond donors (Lipinski definition) is 0. The smallest absolute Gasteiger partial charge is 0.683 e. The Hall–Kier alpha value is -2.10. The Balaban J connectivity index is 0.00000300. The molecule has 5 heteroatoms. The maximum atomic E-state index is 4.80. The third-order valence-electron chi connectivity index (χ3n) is 4.75. The van der Waals surface area contributed by atoms with Crippen molar-refractivity contribution in [3.05, 3.63) is 82.8 Å². The summed E-state index contributed by atoms with van der Waals surface area (Å²) in [5, 5.41) is 9.59. The number of hydrogen-bond acceptors (Lipinski definition) is 2. The van der Waals surface area contributed by atoms with Gasteiger partial charge >= 0.3 is 17.1 Å². The summed E-state index contributed by atoms with van der Waals surface area (Å²) in [6.45, 7) is 3.36. The van der Waals surface area contributed by atoms with E-state index in [1.165, 1.54) is 0 Å². The van der Waals surface area contributed by atoms with Gasteiger partial charge in [-0.05, 0) is 31.4 Å². The molecule has 0 radical (unpaired) electrons. The van der Waals surface area contributed by atoms with Crippen LogP contribution in [0.2, 0.25) is 0 Å². The quantitative estimate of drug-likeness (QED) is 0.424. The van der Waals surface area contributed by atoms with Gasteiger partial charge in [0.25, 0.3) is 0 Å². The molecule has 0 fully saturated rings. The van der Waals surface area contributed by atoms with Crippen molar-refractivity contribution in [1.82, 2.24) is 0 Å². The molecule has 0 unspecified atom stereocenters. The Labute approximate surface area is 185 Å². The van der Waals surface area contributed by atoms with E-state index in [0.717, 1.165) is 87.5 Å². The van der Waals surface area contributed by atoms with Crippen molar-refractivity contribution in [2.75, 3.05) is 26.2 Å². The van der Waals surface area contributed by atoms with Crippen molar-refractivity contribution >= 4 is 11.4 Å². The van der Waals surface area contributed by atoms with Crippen LogP contribution in [-0.4, -0.2) is 37.6 Å². The van der Waals surface area contributed by atoms with Gasteiger partial charge in [0.2, 0.25) is 0 Å². The molecule has 1 aliphatic heterocycles. The molecule has 0 atom stereocenters. The first kappa shape index (κ1) is 23.2. The van der Waals surface area contributed by atoms with E-state index in [4.69, 9.17) is 20.6 Å². The molecule has 0 saturated carbocycles. The zero-order valence-electron chi connectivity index (χ0n) is 17.0. The molecule has 1 heterocycles. The van der Waals surface area contributed by atoms with E-state index in [1.54, 1.807) is 0 Å². The summed E-state index contributed by atoms with van der Waals surface area (Å²) in [5.74, 6) is 0. The molecule has 3 rings (SSSR count).